The zero-order valence-corrected chi connectivity index (χ0v) is 19.7. The van der Waals surface area contributed by atoms with E-state index in [9.17, 15) is 0 Å². The largest absolute Gasteiger partial charge is 0.384 e. The number of imidazole rings is 1. The predicted octanol–water partition coefficient (Wildman–Crippen LogP) is 2.91. The number of nitrogens with two attached hydrogens (primary N) is 1. The van der Waals surface area contributed by atoms with Crippen molar-refractivity contribution in [1.29, 1.82) is 0 Å². The number of rotatable bonds is 2. The minimum absolute atomic E-state index is 0. The van der Waals surface area contributed by atoms with Crippen LogP contribution in [0.4, 0.5) is 11.6 Å². The maximum Gasteiger partial charge on any atom is 0.154 e. The standard InChI is InChI=1S/C20H25N7O.3ClH/c1-14-19(15-4-7-23-16(21)12-15)27-17(24-14)2-3-18(25-27)26-9-5-20(6-10-26)13-22-8-11-28-20;;;/h2-4,7,12,22H,5-6,8-11,13H2,1H3,(H2,21,23);3*1H. The number of hydrogen-bond acceptors (Lipinski definition) is 7. The fourth-order valence-corrected chi connectivity index (χ4v) is 4.30. The van der Waals surface area contributed by atoms with Crippen LogP contribution in [0.15, 0.2) is 30.5 Å². The van der Waals surface area contributed by atoms with Gasteiger partial charge in [0.2, 0.25) is 0 Å². The van der Waals surface area contributed by atoms with Gasteiger partial charge in [-0.3, -0.25) is 0 Å². The third-order valence-corrected chi connectivity index (χ3v) is 5.83. The lowest BCUT2D eigenvalue weighted by atomic mass is 9.90. The Morgan fingerprint density at radius 2 is 1.90 bits per heavy atom. The van der Waals surface area contributed by atoms with E-state index in [-0.39, 0.29) is 42.8 Å². The van der Waals surface area contributed by atoms with Crippen molar-refractivity contribution in [1.82, 2.24) is 24.9 Å². The van der Waals surface area contributed by atoms with Gasteiger partial charge in [-0.05, 0) is 44.0 Å². The number of nitrogens with one attached hydrogen (secondary N) is 1. The van der Waals surface area contributed by atoms with Gasteiger partial charge in [0.1, 0.15) is 11.6 Å². The van der Waals surface area contributed by atoms with Gasteiger partial charge in [0.05, 0.1) is 23.6 Å². The number of hydrogen-bond donors (Lipinski definition) is 2. The van der Waals surface area contributed by atoms with E-state index in [0.717, 1.165) is 74.0 Å². The van der Waals surface area contributed by atoms with E-state index in [0.29, 0.717) is 5.82 Å². The molecule has 0 atom stereocenters. The molecule has 2 aliphatic heterocycles. The molecule has 0 amide bonds. The van der Waals surface area contributed by atoms with Gasteiger partial charge in [-0.15, -0.1) is 42.3 Å². The maximum atomic E-state index is 6.11. The van der Waals surface area contributed by atoms with Crippen LogP contribution in [0.2, 0.25) is 0 Å². The molecule has 2 fully saturated rings. The number of aromatic nitrogens is 4. The van der Waals surface area contributed by atoms with E-state index >= 15 is 0 Å². The number of halogens is 3. The molecule has 3 aromatic rings. The van der Waals surface area contributed by atoms with E-state index in [2.05, 4.69) is 26.3 Å². The summed E-state index contributed by atoms with van der Waals surface area (Å²) >= 11 is 0. The number of fused-ring (bicyclic) bond motifs is 1. The Bertz CT molecular complexity index is 1010. The quantitative estimate of drug-likeness (QED) is 0.573. The second kappa shape index (κ2) is 10.2. The number of ether oxygens (including phenoxy) is 1. The lowest BCUT2D eigenvalue weighted by Crippen LogP contribution is -2.55. The van der Waals surface area contributed by atoms with E-state index in [1.54, 1.807) is 6.20 Å². The van der Waals surface area contributed by atoms with Crippen molar-refractivity contribution in [3.8, 4) is 11.3 Å². The first-order valence-corrected chi connectivity index (χ1v) is 9.82. The van der Waals surface area contributed by atoms with Crippen molar-refractivity contribution < 1.29 is 4.74 Å². The van der Waals surface area contributed by atoms with Crippen molar-refractivity contribution >= 4 is 54.5 Å². The maximum absolute atomic E-state index is 6.11. The van der Waals surface area contributed by atoms with Crippen LogP contribution in [0.25, 0.3) is 16.9 Å². The van der Waals surface area contributed by atoms with Gasteiger partial charge in [0.15, 0.2) is 5.65 Å². The van der Waals surface area contributed by atoms with Crippen LogP contribution in [-0.4, -0.2) is 58.0 Å². The number of nitrogen functional groups attached to an aromatic ring is 1. The van der Waals surface area contributed by atoms with Gasteiger partial charge in [0.25, 0.3) is 0 Å². The fourth-order valence-electron chi connectivity index (χ4n) is 4.30. The van der Waals surface area contributed by atoms with Crippen molar-refractivity contribution in [2.24, 2.45) is 0 Å². The van der Waals surface area contributed by atoms with Gasteiger partial charge < -0.3 is 20.7 Å². The Balaban J connectivity index is 0.00000114. The SMILES string of the molecule is Cc1nc2ccc(N3CCC4(CC3)CNCCO4)nn2c1-c1ccnc(N)c1.Cl.Cl.Cl. The molecule has 8 nitrogen and oxygen atoms in total. The van der Waals surface area contributed by atoms with Crippen LogP contribution in [0, 0.1) is 6.92 Å². The minimum Gasteiger partial charge on any atom is -0.384 e. The highest BCUT2D eigenvalue weighted by Gasteiger charge is 2.37. The molecule has 0 aromatic carbocycles. The molecule has 0 bridgehead atoms. The van der Waals surface area contributed by atoms with Crippen molar-refractivity contribution in [2.45, 2.75) is 25.4 Å². The first-order valence-electron chi connectivity index (χ1n) is 9.82. The normalized spacial score (nSPS) is 17.5. The molecule has 0 radical (unpaired) electrons. The van der Waals surface area contributed by atoms with Crippen LogP contribution in [0.5, 0.6) is 0 Å². The molecular formula is C20H28Cl3N7O. The van der Waals surface area contributed by atoms with Gasteiger partial charge in [-0.2, -0.15) is 0 Å². The van der Waals surface area contributed by atoms with Crippen LogP contribution in [-0.2, 0) is 4.74 Å². The molecule has 170 valence electrons. The first-order chi connectivity index (χ1) is 13.6. The summed E-state index contributed by atoms with van der Waals surface area (Å²) < 4.78 is 8.03. The molecule has 11 heteroatoms. The molecule has 0 saturated carbocycles. The number of anilines is 2. The van der Waals surface area contributed by atoms with Gasteiger partial charge >= 0.3 is 0 Å². The summed E-state index contributed by atoms with van der Waals surface area (Å²) in [4.78, 5) is 11.1. The Kier molecular flexibility index (Phi) is 8.35. The molecule has 1 spiro atoms. The molecule has 5 rings (SSSR count). The highest BCUT2D eigenvalue weighted by atomic mass is 35.5. The molecule has 3 N–H and O–H groups in total. The lowest BCUT2D eigenvalue weighted by Gasteiger charge is -2.44. The van der Waals surface area contributed by atoms with Crippen molar-refractivity contribution in [2.75, 3.05) is 43.4 Å². The molecule has 0 unspecified atom stereocenters. The summed E-state index contributed by atoms with van der Waals surface area (Å²) in [6.45, 7) is 6.57. The Hall–Kier alpha value is -1.84. The van der Waals surface area contributed by atoms with E-state index in [4.69, 9.17) is 15.6 Å². The third-order valence-electron chi connectivity index (χ3n) is 5.83. The first kappa shape index (κ1) is 25.4. The van der Waals surface area contributed by atoms with Crippen LogP contribution < -0.4 is 16.0 Å². The fraction of sp³-hybridized carbons (Fsp3) is 0.450. The van der Waals surface area contributed by atoms with Gasteiger partial charge in [-0.25, -0.2) is 14.5 Å². The predicted molar refractivity (Wildman–Crippen MR) is 130 cm³/mol. The molecule has 3 aromatic heterocycles. The molecule has 31 heavy (non-hydrogen) atoms. The summed E-state index contributed by atoms with van der Waals surface area (Å²) in [6, 6.07) is 7.90. The third kappa shape index (κ3) is 4.83. The molecule has 0 aliphatic carbocycles. The number of pyridine rings is 1. The highest BCUT2D eigenvalue weighted by molar-refractivity contribution is 5.86. The summed E-state index contributed by atoms with van der Waals surface area (Å²) in [5.41, 5.74) is 9.57. The number of aryl methyl sites for hydroxylation is 1. The van der Waals surface area contributed by atoms with E-state index < -0.39 is 0 Å². The molecule has 5 heterocycles. The number of morpholine rings is 1. The van der Waals surface area contributed by atoms with Gasteiger partial charge in [0, 0.05) is 37.9 Å². The number of nitrogens with zero attached hydrogens (tertiary/aromatic N) is 5. The smallest absolute Gasteiger partial charge is 0.154 e. The zero-order valence-electron chi connectivity index (χ0n) is 17.3. The Morgan fingerprint density at radius 3 is 2.58 bits per heavy atom. The van der Waals surface area contributed by atoms with Crippen LogP contribution in [0.1, 0.15) is 18.5 Å². The van der Waals surface area contributed by atoms with Crippen LogP contribution in [0.3, 0.4) is 0 Å². The summed E-state index contributed by atoms with van der Waals surface area (Å²) in [6.07, 6.45) is 3.74. The highest BCUT2D eigenvalue weighted by Crippen LogP contribution is 2.31. The lowest BCUT2D eigenvalue weighted by molar-refractivity contribution is -0.0800. The topological polar surface area (TPSA) is 93.6 Å². The Labute approximate surface area is 200 Å². The summed E-state index contributed by atoms with van der Waals surface area (Å²) in [5, 5.41) is 8.39. The van der Waals surface area contributed by atoms with Crippen molar-refractivity contribution in [3.05, 3.63) is 36.2 Å². The second-order valence-electron chi connectivity index (χ2n) is 7.67. The van der Waals surface area contributed by atoms with Crippen molar-refractivity contribution in [3.63, 3.8) is 0 Å². The molecular weight excluding hydrogens is 461 g/mol. The van der Waals surface area contributed by atoms with E-state index in [1.165, 1.54) is 0 Å². The average molecular weight is 489 g/mol. The molecule has 2 saturated heterocycles. The zero-order chi connectivity index (χ0) is 19.1. The summed E-state index contributed by atoms with van der Waals surface area (Å²) in [7, 11) is 0. The summed E-state index contributed by atoms with van der Waals surface area (Å²) in [5.74, 6) is 1.46. The molecule has 2 aliphatic rings. The Morgan fingerprint density at radius 1 is 1.13 bits per heavy atom. The second-order valence-corrected chi connectivity index (χ2v) is 7.67. The average Bonchev–Trinajstić information content (AvgIpc) is 3.04. The number of piperidine rings is 1. The monoisotopic (exact) mass is 487 g/mol. The van der Waals surface area contributed by atoms with Gasteiger partial charge in [-0.1, -0.05) is 0 Å². The van der Waals surface area contributed by atoms with E-state index in [1.807, 2.05) is 29.6 Å². The van der Waals surface area contributed by atoms with Crippen LogP contribution >= 0.6 is 37.2 Å². The minimum atomic E-state index is -0.00975.